The molecule has 0 N–H and O–H groups in total. The van der Waals surface area contributed by atoms with E-state index in [0.717, 1.165) is 28.8 Å². The Balaban J connectivity index is 1.56. The molecule has 6 nitrogen and oxygen atoms in total. The normalized spacial score (nSPS) is 19.9. The van der Waals surface area contributed by atoms with Gasteiger partial charge in [0.1, 0.15) is 17.3 Å². The standard InChI is InChI=1S/C23H22F5N5O/c1-3-32-19(23(26,27)28)11-17(29-32)22(34)33-15-5-4-6-18(33)20-16(10-15)21(31(2)30-20)12-7-13(24)9-14(25)8-12/h7-9,11,15,18H,3-6,10H2,1-2H3/t15-,18+/m1/s1. The van der Waals surface area contributed by atoms with Crippen molar-refractivity contribution in [1.82, 2.24) is 24.5 Å². The minimum absolute atomic E-state index is 0.0209. The molecule has 2 aliphatic heterocycles. The second kappa shape index (κ2) is 7.92. The van der Waals surface area contributed by atoms with Crippen LogP contribution in [0.3, 0.4) is 0 Å². The minimum atomic E-state index is -4.62. The third kappa shape index (κ3) is 3.57. The van der Waals surface area contributed by atoms with Crippen molar-refractivity contribution in [3.05, 3.63) is 58.5 Å². The lowest BCUT2D eigenvalue weighted by Gasteiger charge is -2.45. The first-order valence-electron chi connectivity index (χ1n) is 11.1. The summed E-state index contributed by atoms with van der Waals surface area (Å²) < 4.78 is 70.3. The highest BCUT2D eigenvalue weighted by molar-refractivity contribution is 5.93. The van der Waals surface area contributed by atoms with Crippen molar-refractivity contribution >= 4 is 5.91 Å². The lowest BCUT2D eigenvalue weighted by molar-refractivity contribution is -0.144. The van der Waals surface area contributed by atoms with Crippen LogP contribution in [0, 0.1) is 11.6 Å². The van der Waals surface area contributed by atoms with Gasteiger partial charge in [0.05, 0.1) is 17.4 Å². The fraction of sp³-hybridized carbons (Fsp3) is 0.435. The molecule has 0 radical (unpaired) electrons. The number of carbonyl (C=O) groups is 1. The number of rotatable bonds is 3. The van der Waals surface area contributed by atoms with Crippen LogP contribution in [0.5, 0.6) is 0 Å². The van der Waals surface area contributed by atoms with Crippen molar-refractivity contribution in [2.45, 2.75) is 57.4 Å². The van der Waals surface area contributed by atoms with Gasteiger partial charge in [0.15, 0.2) is 5.69 Å². The number of fused-ring (bicyclic) bond motifs is 4. The zero-order valence-corrected chi connectivity index (χ0v) is 18.5. The van der Waals surface area contributed by atoms with Crippen LogP contribution in [0.4, 0.5) is 22.0 Å². The minimum Gasteiger partial charge on any atom is -0.325 e. The maximum absolute atomic E-state index is 13.9. The Bertz CT molecular complexity index is 1260. The highest BCUT2D eigenvalue weighted by Gasteiger charge is 2.45. The van der Waals surface area contributed by atoms with Crippen LogP contribution in [0.25, 0.3) is 11.3 Å². The van der Waals surface area contributed by atoms with Gasteiger partial charge in [-0.2, -0.15) is 23.4 Å². The molecule has 5 rings (SSSR count). The van der Waals surface area contributed by atoms with Crippen LogP contribution < -0.4 is 0 Å². The summed E-state index contributed by atoms with van der Waals surface area (Å²) in [5, 5.41) is 8.52. The Morgan fingerprint density at radius 2 is 1.79 bits per heavy atom. The topological polar surface area (TPSA) is 56.0 Å². The van der Waals surface area contributed by atoms with Crippen molar-refractivity contribution in [3.63, 3.8) is 0 Å². The van der Waals surface area contributed by atoms with Gasteiger partial charge in [-0.3, -0.25) is 14.2 Å². The number of aryl methyl sites for hydroxylation is 2. The van der Waals surface area contributed by atoms with Crippen LogP contribution in [0.2, 0.25) is 0 Å². The molecule has 1 fully saturated rings. The predicted molar refractivity (Wildman–Crippen MR) is 112 cm³/mol. The summed E-state index contributed by atoms with van der Waals surface area (Å²) in [4.78, 5) is 15.0. The molecule has 11 heteroatoms. The van der Waals surface area contributed by atoms with Gasteiger partial charge >= 0.3 is 6.18 Å². The third-order valence-electron chi connectivity index (χ3n) is 6.64. The van der Waals surface area contributed by atoms with Crippen molar-refractivity contribution in [3.8, 4) is 11.3 Å². The van der Waals surface area contributed by atoms with Gasteiger partial charge in [0.2, 0.25) is 0 Å². The first kappa shape index (κ1) is 22.5. The lowest BCUT2D eigenvalue weighted by atomic mass is 9.81. The molecule has 180 valence electrons. The number of carbonyl (C=O) groups excluding carboxylic acids is 1. The number of halogens is 5. The maximum atomic E-state index is 13.9. The van der Waals surface area contributed by atoms with Crippen molar-refractivity contribution in [1.29, 1.82) is 0 Å². The first-order chi connectivity index (χ1) is 16.1. The molecular weight excluding hydrogens is 457 g/mol. The largest absolute Gasteiger partial charge is 0.433 e. The molecule has 2 atom stereocenters. The summed E-state index contributed by atoms with van der Waals surface area (Å²) >= 11 is 0. The second-order valence-corrected chi connectivity index (χ2v) is 8.74. The van der Waals surface area contributed by atoms with Crippen LogP contribution in [0.1, 0.15) is 59.7 Å². The molecular formula is C23H22F5N5O. The highest BCUT2D eigenvalue weighted by atomic mass is 19.4. The molecule has 1 aromatic carbocycles. The summed E-state index contributed by atoms with van der Waals surface area (Å²) in [7, 11) is 1.67. The molecule has 0 unspecified atom stereocenters. The van der Waals surface area contributed by atoms with Gasteiger partial charge in [-0.15, -0.1) is 0 Å². The summed E-state index contributed by atoms with van der Waals surface area (Å²) in [6.07, 6.45) is -2.16. The predicted octanol–water partition coefficient (Wildman–Crippen LogP) is 4.89. The lowest BCUT2D eigenvalue weighted by Crippen LogP contribution is -2.50. The molecule has 2 aliphatic rings. The Morgan fingerprint density at radius 3 is 2.41 bits per heavy atom. The van der Waals surface area contributed by atoms with Gasteiger partial charge in [-0.25, -0.2) is 8.78 Å². The smallest absolute Gasteiger partial charge is 0.325 e. The van der Waals surface area contributed by atoms with Crippen molar-refractivity contribution < 1.29 is 26.7 Å². The number of alkyl halides is 3. The molecule has 1 saturated heterocycles. The van der Waals surface area contributed by atoms with Gasteiger partial charge < -0.3 is 4.90 Å². The van der Waals surface area contributed by atoms with E-state index in [1.54, 1.807) is 16.6 Å². The van der Waals surface area contributed by atoms with Crippen LogP contribution in [0.15, 0.2) is 24.3 Å². The Morgan fingerprint density at radius 1 is 1.09 bits per heavy atom. The Hall–Kier alpha value is -3.24. The van der Waals surface area contributed by atoms with E-state index in [-0.39, 0.29) is 18.3 Å². The van der Waals surface area contributed by atoms with E-state index in [0.29, 0.717) is 36.2 Å². The van der Waals surface area contributed by atoms with Crippen LogP contribution in [-0.4, -0.2) is 36.4 Å². The SMILES string of the molecule is CCn1nc(C(=O)N2[C@@H]3CCC[C@H]2c2nn(C)c(-c4cc(F)cc(F)c4)c2C3)cc1C(F)(F)F. The number of nitrogens with zero attached hydrogens (tertiary/aromatic N) is 5. The Labute approximate surface area is 192 Å². The summed E-state index contributed by atoms with van der Waals surface area (Å²) in [6.45, 7) is 1.51. The molecule has 0 saturated carbocycles. The van der Waals surface area contributed by atoms with Gasteiger partial charge in [-0.1, -0.05) is 0 Å². The molecule has 34 heavy (non-hydrogen) atoms. The molecule has 3 aromatic rings. The van der Waals surface area contributed by atoms with E-state index >= 15 is 0 Å². The van der Waals surface area contributed by atoms with Crippen LogP contribution in [-0.2, 0) is 26.2 Å². The Kier molecular flexibility index (Phi) is 5.25. The average Bonchev–Trinajstić information content (AvgIpc) is 3.33. The van der Waals surface area contributed by atoms with Crippen molar-refractivity contribution in [2.75, 3.05) is 0 Å². The first-order valence-corrected chi connectivity index (χ1v) is 11.1. The number of piperidine rings is 1. The summed E-state index contributed by atoms with van der Waals surface area (Å²) in [5.74, 6) is -1.98. The fourth-order valence-corrected chi connectivity index (χ4v) is 5.32. The van der Waals surface area contributed by atoms with E-state index in [4.69, 9.17) is 0 Å². The molecule has 2 aromatic heterocycles. The van der Waals surface area contributed by atoms with Crippen LogP contribution >= 0.6 is 0 Å². The molecule has 2 bridgehead atoms. The van der Waals surface area contributed by atoms with E-state index in [1.165, 1.54) is 19.1 Å². The number of aromatic nitrogens is 4. The molecule has 4 heterocycles. The number of benzene rings is 1. The van der Waals surface area contributed by atoms with E-state index in [9.17, 15) is 26.7 Å². The van der Waals surface area contributed by atoms with Gasteiger partial charge in [0, 0.05) is 42.9 Å². The van der Waals surface area contributed by atoms with Gasteiger partial charge in [0.25, 0.3) is 5.91 Å². The number of hydrogen-bond acceptors (Lipinski definition) is 3. The molecule has 0 spiro atoms. The highest BCUT2D eigenvalue weighted by Crippen LogP contribution is 2.45. The van der Waals surface area contributed by atoms with Gasteiger partial charge in [-0.05, 0) is 44.7 Å². The quantitative estimate of drug-likeness (QED) is 0.503. The average molecular weight is 479 g/mol. The zero-order chi connectivity index (χ0) is 24.4. The van der Waals surface area contributed by atoms with E-state index < -0.39 is 35.5 Å². The maximum Gasteiger partial charge on any atom is 0.433 e. The third-order valence-corrected chi connectivity index (χ3v) is 6.64. The number of hydrogen-bond donors (Lipinski definition) is 0. The second-order valence-electron chi connectivity index (χ2n) is 8.74. The zero-order valence-electron chi connectivity index (χ0n) is 18.5. The summed E-state index contributed by atoms with van der Waals surface area (Å²) in [5.41, 5.74) is 1.13. The van der Waals surface area contributed by atoms with E-state index in [2.05, 4.69) is 10.2 Å². The summed E-state index contributed by atoms with van der Waals surface area (Å²) in [6, 6.07) is 3.35. The fourth-order valence-electron chi connectivity index (χ4n) is 5.32. The number of amides is 1. The molecule has 1 amide bonds. The van der Waals surface area contributed by atoms with E-state index in [1.807, 2.05) is 0 Å². The molecule has 0 aliphatic carbocycles. The van der Waals surface area contributed by atoms with Crippen molar-refractivity contribution in [2.24, 2.45) is 7.05 Å². The monoisotopic (exact) mass is 479 g/mol.